The van der Waals surface area contributed by atoms with E-state index in [9.17, 15) is 9.59 Å². The van der Waals surface area contributed by atoms with E-state index in [4.69, 9.17) is 11.6 Å². The fourth-order valence-electron chi connectivity index (χ4n) is 1.49. The number of H-pyrrole nitrogens is 1. The topological polar surface area (TPSA) is 79.8 Å². The Kier molecular flexibility index (Phi) is 4.86. The largest absolute Gasteiger partial charge is 0.351 e. The van der Waals surface area contributed by atoms with Crippen LogP contribution in [0.1, 0.15) is 5.56 Å². The van der Waals surface area contributed by atoms with Crippen LogP contribution in [0.25, 0.3) is 0 Å². The molecule has 1 aromatic carbocycles. The SMILES string of the molecule is Cn1c(SCC(=O)NCc2cccc(Cl)c2)n[nH]c1=O. The average molecular weight is 313 g/mol. The fraction of sp³-hybridized carbons (Fsp3) is 0.250. The number of rotatable bonds is 5. The predicted molar refractivity (Wildman–Crippen MR) is 77.9 cm³/mol. The summed E-state index contributed by atoms with van der Waals surface area (Å²) in [6, 6.07) is 7.29. The first-order chi connectivity index (χ1) is 9.56. The summed E-state index contributed by atoms with van der Waals surface area (Å²) in [5, 5.41) is 10.0. The Morgan fingerprint density at radius 1 is 1.55 bits per heavy atom. The van der Waals surface area contributed by atoms with Gasteiger partial charge in [-0.15, -0.1) is 5.10 Å². The first-order valence-electron chi connectivity index (χ1n) is 5.81. The maximum absolute atomic E-state index is 11.7. The van der Waals surface area contributed by atoms with E-state index in [2.05, 4.69) is 15.5 Å². The molecular weight excluding hydrogens is 300 g/mol. The molecule has 0 radical (unpaired) electrons. The molecule has 0 aliphatic carbocycles. The van der Waals surface area contributed by atoms with Crippen LogP contribution < -0.4 is 11.0 Å². The number of hydrogen-bond acceptors (Lipinski definition) is 4. The second kappa shape index (κ2) is 6.62. The third-order valence-corrected chi connectivity index (χ3v) is 3.81. The van der Waals surface area contributed by atoms with Gasteiger partial charge in [0.1, 0.15) is 0 Å². The molecule has 2 aromatic rings. The van der Waals surface area contributed by atoms with Crippen LogP contribution in [0.4, 0.5) is 0 Å². The van der Waals surface area contributed by atoms with E-state index in [1.54, 1.807) is 19.2 Å². The lowest BCUT2D eigenvalue weighted by atomic mass is 10.2. The van der Waals surface area contributed by atoms with Gasteiger partial charge >= 0.3 is 5.69 Å². The monoisotopic (exact) mass is 312 g/mol. The van der Waals surface area contributed by atoms with Gasteiger partial charge in [-0.3, -0.25) is 9.36 Å². The number of halogens is 1. The van der Waals surface area contributed by atoms with Crippen LogP contribution >= 0.6 is 23.4 Å². The molecule has 6 nitrogen and oxygen atoms in total. The molecule has 1 aromatic heterocycles. The number of nitrogens with zero attached hydrogens (tertiary/aromatic N) is 2. The maximum Gasteiger partial charge on any atom is 0.343 e. The number of hydrogen-bond donors (Lipinski definition) is 2. The zero-order chi connectivity index (χ0) is 14.5. The van der Waals surface area contributed by atoms with E-state index in [-0.39, 0.29) is 17.3 Å². The van der Waals surface area contributed by atoms with Gasteiger partial charge in [0, 0.05) is 18.6 Å². The average Bonchev–Trinajstić information content (AvgIpc) is 2.74. The summed E-state index contributed by atoms with van der Waals surface area (Å²) >= 11 is 7.06. The molecule has 20 heavy (non-hydrogen) atoms. The molecule has 0 saturated carbocycles. The van der Waals surface area contributed by atoms with E-state index in [1.165, 1.54) is 16.3 Å². The highest BCUT2D eigenvalue weighted by Gasteiger charge is 2.08. The number of nitrogens with one attached hydrogen (secondary N) is 2. The van der Waals surface area contributed by atoms with Crippen molar-refractivity contribution in [3.8, 4) is 0 Å². The summed E-state index contributed by atoms with van der Waals surface area (Å²) in [6.07, 6.45) is 0. The standard InChI is InChI=1S/C12H13ClN4O2S/c1-17-11(19)15-16-12(17)20-7-10(18)14-6-8-3-2-4-9(13)5-8/h2-5H,6-7H2,1H3,(H,14,18)(H,15,19). The summed E-state index contributed by atoms with van der Waals surface area (Å²) < 4.78 is 1.36. The number of amides is 1. The van der Waals surface area contributed by atoms with Crippen molar-refractivity contribution in [2.24, 2.45) is 7.05 Å². The normalized spacial score (nSPS) is 10.5. The van der Waals surface area contributed by atoms with Crippen molar-refractivity contribution in [1.82, 2.24) is 20.1 Å². The van der Waals surface area contributed by atoms with E-state index in [0.717, 1.165) is 5.56 Å². The smallest absolute Gasteiger partial charge is 0.343 e. The summed E-state index contributed by atoms with van der Waals surface area (Å²) in [7, 11) is 1.60. The molecule has 2 N–H and O–H groups in total. The molecule has 0 fully saturated rings. The Morgan fingerprint density at radius 2 is 2.35 bits per heavy atom. The Bertz CT molecular complexity index is 667. The molecule has 0 atom stereocenters. The highest BCUT2D eigenvalue weighted by molar-refractivity contribution is 7.99. The highest BCUT2D eigenvalue weighted by atomic mass is 35.5. The molecule has 0 bridgehead atoms. The minimum atomic E-state index is -0.299. The van der Waals surface area contributed by atoms with E-state index < -0.39 is 0 Å². The number of aromatic nitrogens is 3. The third-order valence-electron chi connectivity index (χ3n) is 2.55. The van der Waals surface area contributed by atoms with Gasteiger partial charge in [-0.25, -0.2) is 9.89 Å². The Morgan fingerprint density at radius 3 is 3.00 bits per heavy atom. The van der Waals surface area contributed by atoms with Gasteiger partial charge in [0.05, 0.1) is 5.75 Å². The molecule has 8 heteroatoms. The molecule has 106 valence electrons. The van der Waals surface area contributed by atoms with Gasteiger partial charge in [0.15, 0.2) is 5.16 Å². The zero-order valence-corrected chi connectivity index (χ0v) is 12.3. The third kappa shape index (κ3) is 3.88. The van der Waals surface area contributed by atoms with Crippen LogP contribution in [0.2, 0.25) is 5.02 Å². The van der Waals surface area contributed by atoms with Crippen molar-refractivity contribution in [2.45, 2.75) is 11.7 Å². The second-order valence-corrected chi connectivity index (χ2v) is 5.44. The molecule has 1 amide bonds. The van der Waals surface area contributed by atoms with Gasteiger partial charge in [-0.2, -0.15) is 0 Å². The lowest BCUT2D eigenvalue weighted by molar-refractivity contribution is -0.118. The Balaban J connectivity index is 1.81. The van der Waals surface area contributed by atoms with Crippen LogP contribution in [-0.2, 0) is 18.4 Å². The van der Waals surface area contributed by atoms with Crippen LogP contribution in [0.15, 0.2) is 34.2 Å². The second-order valence-electron chi connectivity index (χ2n) is 4.07. The Labute approximate surface area is 124 Å². The van der Waals surface area contributed by atoms with Crippen LogP contribution in [0, 0.1) is 0 Å². The van der Waals surface area contributed by atoms with Crippen molar-refractivity contribution in [3.63, 3.8) is 0 Å². The summed E-state index contributed by atoms with van der Waals surface area (Å²) in [6.45, 7) is 0.416. The van der Waals surface area contributed by atoms with E-state index >= 15 is 0 Å². The Hall–Kier alpha value is -1.73. The van der Waals surface area contributed by atoms with E-state index in [1.807, 2.05) is 12.1 Å². The van der Waals surface area contributed by atoms with Gasteiger partial charge < -0.3 is 5.32 Å². The highest BCUT2D eigenvalue weighted by Crippen LogP contribution is 2.12. The number of carbonyl (C=O) groups is 1. The van der Waals surface area contributed by atoms with Crippen molar-refractivity contribution in [2.75, 3.05) is 5.75 Å². The maximum atomic E-state index is 11.7. The van der Waals surface area contributed by atoms with Crippen molar-refractivity contribution < 1.29 is 4.79 Å². The number of thioether (sulfide) groups is 1. The minimum Gasteiger partial charge on any atom is -0.351 e. The van der Waals surface area contributed by atoms with Gasteiger partial charge in [0.2, 0.25) is 5.91 Å². The number of carbonyl (C=O) groups excluding carboxylic acids is 1. The fourth-order valence-corrected chi connectivity index (χ4v) is 2.45. The number of benzene rings is 1. The molecule has 0 saturated heterocycles. The minimum absolute atomic E-state index is 0.134. The molecule has 0 aliphatic rings. The van der Waals surface area contributed by atoms with Crippen LogP contribution in [0.3, 0.4) is 0 Å². The van der Waals surface area contributed by atoms with Crippen molar-refractivity contribution in [3.05, 3.63) is 45.3 Å². The lowest BCUT2D eigenvalue weighted by Crippen LogP contribution is -2.24. The van der Waals surface area contributed by atoms with Crippen LogP contribution in [-0.4, -0.2) is 26.4 Å². The van der Waals surface area contributed by atoms with Crippen molar-refractivity contribution in [1.29, 1.82) is 0 Å². The molecule has 0 aliphatic heterocycles. The molecule has 0 spiro atoms. The van der Waals surface area contributed by atoms with Crippen molar-refractivity contribution >= 4 is 29.3 Å². The van der Waals surface area contributed by atoms with E-state index in [0.29, 0.717) is 16.7 Å². The van der Waals surface area contributed by atoms with Gasteiger partial charge in [0.25, 0.3) is 0 Å². The van der Waals surface area contributed by atoms with Crippen LogP contribution in [0.5, 0.6) is 0 Å². The predicted octanol–water partition coefficient (Wildman–Crippen LogP) is 1.17. The first kappa shape index (κ1) is 14.7. The van der Waals surface area contributed by atoms with Gasteiger partial charge in [-0.1, -0.05) is 35.5 Å². The summed E-state index contributed by atoms with van der Waals surface area (Å²) in [5.41, 5.74) is 0.634. The molecule has 1 heterocycles. The lowest BCUT2D eigenvalue weighted by Gasteiger charge is -2.05. The van der Waals surface area contributed by atoms with Gasteiger partial charge in [-0.05, 0) is 17.7 Å². The number of aromatic amines is 1. The zero-order valence-electron chi connectivity index (χ0n) is 10.7. The first-order valence-corrected chi connectivity index (χ1v) is 7.18. The molecule has 2 rings (SSSR count). The summed E-state index contributed by atoms with van der Waals surface area (Å²) in [5.74, 6) is 0.0593. The quantitative estimate of drug-likeness (QED) is 0.812. The summed E-state index contributed by atoms with van der Waals surface area (Å²) in [4.78, 5) is 22.8. The molecule has 0 unspecified atom stereocenters. The molecular formula is C12H13ClN4O2S.